The smallest absolute Gasteiger partial charge is 0.303 e. The van der Waals surface area contributed by atoms with E-state index in [4.69, 9.17) is 5.11 Å². The van der Waals surface area contributed by atoms with Crippen LogP contribution >= 0.6 is 0 Å². The van der Waals surface area contributed by atoms with E-state index < -0.39 is 12.1 Å². The van der Waals surface area contributed by atoms with E-state index in [1.807, 2.05) is 12.1 Å². The van der Waals surface area contributed by atoms with Crippen molar-refractivity contribution in [3.8, 4) is 0 Å². The van der Waals surface area contributed by atoms with Crippen LogP contribution in [-0.2, 0) is 4.79 Å². The zero-order chi connectivity index (χ0) is 13.7. The van der Waals surface area contributed by atoms with Crippen LogP contribution in [0.4, 0.5) is 0 Å². The lowest BCUT2D eigenvalue weighted by molar-refractivity contribution is -0.137. The lowest BCUT2D eigenvalue weighted by Gasteiger charge is -2.22. The third-order valence-electron chi connectivity index (χ3n) is 4.03. The van der Waals surface area contributed by atoms with Gasteiger partial charge in [0.25, 0.3) is 0 Å². The first-order chi connectivity index (χ1) is 9.16. The van der Waals surface area contributed by atoms with Gasteiger partial charge in [0.05, 0.1) is 6.10 Å². The minimum absolute atomic E-state index is 0.00550. The van der Waals surface area contributed by atoms with Crippen molar-refractivity contribution in [2.24, 2.45) is 0 Å². The summed E-state index contributed by atoms with van der Waals surface area (Å²) in [4.78, 5) is 10.5. The monoisotopic (exact) mass is 262 g/mol. The highest BCUT2D eigenvalue weighted by Gasteiger charge is 2.16. The summed E-state index contributed by atoms with van der Waals surface area (Å²) >= 11 is 0. The van der Waals surface area contributed by atoms with E-state index in [-0.39, 0.29) is 12.8 Å². The van der Waals surface area contributed by atoms with Gasteiger partial charge in [-0.05, 0) is 36.3 Å². The molecule has 0 unspecified atom stereocenters. The fraction of sp³-hybridized carbons (Fsp3) is 0.562. The average molecular weight is 262 g/mol. The number of benzene rings is 1. The van der Waals surface area contributed by atoms with Gasteiger partial charge in [-0.1, -0.05) is 43.5 Å². The van der Waals surface area contributed by atoms with Gasteiger partial charge in [-0.15, -0.1) is 0 Å². The summed E-state index contributed by atoms with van der Waals surface area (Å²) < 4.78 is 0. The second-order valence-corrected chi connectivity index (χ2v) is 5.45. The molecular formula is C16H22O3. The first-order valence-corrected chi connectivity index (χ1v) is 7.16. The topological polar surface area (TPSA) is 57.5 Å². The van der Waals surface area contributed by atoms with E-state index in [1.54, 1.807) is 0 Å². The molecule has 0 aliphatic heterocycles. The molecule has 19 heavy (non-hydrogen) atoms. The Morgan fingerprint density at radius 1 is 1.16 bits per heavy atom. The van der Waals surface area contributed by atoms with Crippen molar-refractivity contribution in [1.29, 1.82) is 0 Å². The number of carboxylic acid groups (broad SMARTS) is 1. The number of aliphatic carboxylic acids is 1. The summed E-state index contributed by atoms with van der Waals surface area (Å²) in [6.45, 7) is 0. The Kier molecular flexibility index (Phi) is 4.97. The molecule has 0 heterocycles. The van der Waals surface area contributed by atoms with Gasteiger partial charge in [0.2, 0.25) is 0 Å². The Morgan fingerprint density at radius 3 is 2.37 bits per heavy atom. The Bertz CT molecular complexity index is 405. The summed E-state index contributed by atoms with van der Waals surface area (Å²) in [5.74, 6) is -0.197. The molecule has 1 saturated carbocycles. The second-order valence-electron chi connectivity index (χ2n) is 5.45. The SMILES string of the molecule is O=C(O)CC[C@H](O)c1ccc(C2CCCCC2)cc1. The lowest BCUT2D eigenvalue weighted by atomic mass is 9.83. The zero-order valence-electron chi connectivity index (χ0n) is 11.2. The van der Waals surface area contributed by atoms with Crippen molar-refractivity contribution in [1.82, 2.24) is 0 Å². The fourth-order valence-electron chi connectivity index (χ4n) is 2.85. The zero-order valence-corrected chi connectivity index (χ0v) is 11.2. The lowest BCUT2D eigenvalue weighted by Crippen LogP contribution is -2.05. The van der Waals surface area contributed by atoms with Gasteiger partial charge in [-0.2, -0.15) is 0 Å². The molecule has 1 aromatic rings. The fourth-order valence-corrected chi connectivity index (χ4v) is 2.85. The van der Waals surface area contributed by atoms with E-state index in [0.717, 1.165) is 5.56 Å². The van der Waals surface area contributed by atoms with Crippen molar-refractivity contribution in [3.05, 3.63) is 35.4 Å². The molecule has 0 aromatic heterocycles. The number of aliphatic hydroxyl groups excluding tert-OH is 1. The van der Waals surface area contributed by atoms with Crippen LogP contribution in [0, 0.1) is 0 Å². The average Bonchev–Trinajstić information content (AvgIpc) is 2.46. The standard InChI is InChI=1S/C16H22O3/c17-15(10-11-16(18)19)14-8-6-13(7-9-14)12-4-2-1-3-5-12/h6-9,12,15,17H,1-5,10-11H2,(H,18,19)/t15-/m0/s1. The third-order valence-corrected chi connectivity index (χ3v) is 4.03. The number of hydrogen-bond donors (Lipinski definition) is 2. The molecule has 0 bridgehead atoms. The molecule has 0 radical (unpaired) electrons. The van der Waals surface area contributed by atoms with Crippen molar-refractivity contribution < 1.29 is 15.0 Å². The summed E-state index contributed by atoms with van der Waals surface area (Å²) in [5, 5.41) is 18.5. The molecule has 1 fully saturated rings. The molecule has 2 N–H and O–H groups in total. The molecule has 1 aliphatic rings. The molecule has 1 aliphatic carbocycles. The number of hydrogen-bond acceptors (Lipinski definition) is 2. The summed E-state index contributed by atoms with van der Waals surface area (Å²) in [7, 11) is 0. The third kappa shape index (κ3) is 4.06. The van der Waals surface area contributed by atoms with Gasteiger partial charge >= 0.3 is 5.97 Å². The Hall–Kier alpha value is -1.35. The van der Waals surface area contributed by atoms with E-state index in [9.17, 15) is 9.90 Å². The molecule has 3 nitrogen and oxygen atoms in total. The van der Waals surface area contributed by atoms with Gasteiger partial charge in [-0.25, -0.2) is 0 Å². The highest BCUT2D eigenvalue weighted by molar-refractivity contribution is 5.66. The number of rotatable bonds is 5. The Labute approximate surface area is 114 Å². The van der Waals surface area contributed by atoms with E-state index >= 15 is 0 Å². The van der Waals surface area contributed by atoms with Gasteiger partial charge in [-0.3, -0.25) is 4.79 Å². The van der Waals surface area contributed by atoms with E-state index in [2.05, 4.69) is 12.1 Å². The van der Waals surface area contributed by atoms with Gasteiger partial charge in [0.15, 0.2) is 0 Å². The quantitative estimate of drug-likeness (QED) is 0.851. The second kappa shape index (κ2) is 6.71. The molecular weight excluding hydrogens is 240 g/mol. The van der Waals surface area contributed by atoms with Crippen molar-refractivity contribution in [2.45, 2.75) is 57.0 Å². The molecule has 1 aromatic carbocycles. The molecule has 0 spiro atoms. The largest absolute Gasteiger partial charge is 0.481 e. The van der Waals surface area contributed by atoms with Gasteiger partial charge in [0.1, 0.15) is 0 Å². The van der Waals surface area contributed by atoms with Crippen molar-refractivity contribution in [3.63, 3.8) is 0 Å². The molecule has 1 atom stereocenters. The maximum absolute atomic E-state index is 10.5. The maximum Gasteiger partial charge on any atom is 0.303 e. The van der Waals surface area contributed by atoms with Crippen LogP contribution in [0.5, 0.6) is 0 Å². The summed E-state index contributed by atoms with van der Waals surface area (Å²) in [6, 6.07) is 8.07. The molecule has 0 amide bonds. The van der Waals surface area contributed by atoms with Crippen LogP contribution in [0.15, 0.2) is 24.3 Å². The van der Waals surface area contributed by atoms with Crippen LogP contribution in [0.25, 0.3) is 0 Å². The number of carboxylic acids is 1. The molecule has 2 rings (SSSR count). The Balaban J connectivity index is 1.95. The van der Waals surface area contributed by atoms with Crippen LogP contribution in [0.1, 0.15) is 68.1 Å². The normalized spacial score (nSPS) is 18.2. The first-order valence-electron chi connectivity index (χ1n) is 7.16. The number of carbonyl (C=O) groups is 1. The van der Waals surface area contributed by atoms with E-state index in [0.29, 0.717) is 5.92 Å². The van der Waals surface area contributed by atoms with Crippen molar-refractivity contribution in [2.75, 3.05) is 0 Å². The molecule has 0 saturated heterocycles. The minimum atomic E-state index is -0.863. The summed E-state index contributed by atoms with van der Waals surface area (Å²) in [5.41, 5.74) is 2.18. The first kappa shape index (κ1) is 14.1. The highest BCUT2D eigenvalue weighted by atomic mass is 16.4. The van der Waals surface area contributed by atoms with E-state index in [1.165, 1.54) is 37.7 Å². The summed E-state index contributed by atoms with van der Waals surface area (Å²) in [6.07, 6.45) is 6.12. The molecule has 3 heteroatoms. The van der Waals surface area contributed by atoms with Crippen LogP contribution in [-0.4, -0.2) is 16.2 Å². The predicted octanol–water partition coefficient (Wildman–Crippen LogP) is 3.63. The van der Waals surface area contributed by atoms with Crippen molar-refractivity contribution >= 4 is 5.97 Å². The van der Waals surface area contributed by atoms with Crippen LogP contribution in [0.2, 0.25) is 0 Å². The van der Waals surface area contributed by atoms with Crippen LogP contribution < -0.4 is 0 Å². The highest BCUT2D eigenvalue weighted by Crippen LogP contribution is 2.33. The maximum atomic E-state index is 10.5. The predicted molar refractivity (Wildman–Crippen MR) is 74.1 cm³/mol. The number of aliphatic hydroxyl groups is 1. The Morgan fingerprint density at radius 2 is 1.79 bits per heavy atom. The van der Waals surface area contributed by atoms with Gasteiger partial charge in [0, 0.05) is 6.42 Å². The molecule has 104 valence electrons. The van der Waals surface area contributed by atoms with Gasteiger partial charge < -0.3 is 10.2 Å². The van der Waals surface area contributed by atoms with Crippen LogP contribution in [0.3, 0.4) is 0 Å². The minimum Gasteiger partial charge on any atom is -0.481 e.